The molecule has 0 rings (SSSR count). The third-order valence-electron chi connectivity index (χ3n) is 6.11. The van der Waals surface area contributed by atoms with Gasteiger partial charge in [-0.1, -0.05) is 34.6 Å². The van der Waals surface area contributed by atoms with E-state index >= 15 is 0 Å². The highest BCUT2D eigenvalue weighted by atomic mass is 28.4. The minimum Gasteiger partial charge on any atom is -0.414 e. The standard InChI is InChI=1S/C22H46O7Si/c1-16(13-23)21(24)18(3)20(28-15-26-8)12-19(11-17(2)27-14-25-7)29-30(9,10)22(4,5)6/h13,16-21,24H,11-12,14-15H2,1-10H3/t16-,17-,18+,19+,20+,21-/m1/s1. The molecule has 0 spiro atoms. The van der Waals surface area contributed by atoms with Crippen LogP contribution in [-0.2, 0) is 28.2 Å². The van der Waals surface area contributed by atoms with Gasteiger partial charge in [0, 0.05) is 32.2 Å². The summed E-state index contributed by atoms with van der Waals surface area (Å²) < 4.78 is 28.5. The maximum absolute atomic E-state index is 11.2. The van der Waals surface area contributed by atoms with E-state index in [1.165, 1.54) is 0 Å². The molecular formula is C22H46O7Si. The van der Waals surface area contributed by atoms with Crippen molar-refractivity contribution < 1.29 is 33.3 Å². The van der Waals surface area contributed by atoms with Gasteiger partial charge in [0.2, 0.25) is 0 Å². The minimum absolute atomic E-state index is 0.0575. The Hall–Kier alpha value is -0.353. The van der Waals surface area contributed by atoms with Crippen molar-refractivity contribution in [3.8, 4) is 0 Å². The van der Waals surface area contributed by atoms with Crippen LogP contribution in [0.2, 0.25) is 18.1 Å². The molecule has 6 atom stereocenters. The van der Waals surface area contributed by atoms with Crippen LogP contribution in [0.4, 0.5) is 0 Å². The Balaban J connectivity index is 5.58. The fraction of sp³-hybridized carbons (Fsp3) is 0.955. The Labute approximate surface area is 184 Å². The van der Waals surface area contributed by atoms with Gasteiger partial charge in [-0.3, -0.25) is 0 Å². The first-order chi connectivity index (χ1) is 13.8. The second kappa shape index (κ2) is 13.9. The second-order valence-corrected chi connectivity index (χ2v) is 14.6. The van der Waals surface area contributed by atoms with E-state index in [4.69, 9.17) is 23.4 Å². The van der Waals surface area contributed by atoms with Crippen molar-refractivity contribution in [3.05, 3.63) is 0 Å². The van der Waals surface area contributed by atoms with Gasteiger partial charge in [-0.25, -0.2) is 0 Å². The van der Waals surface area contributed by atoms with Crippen LogP contribution >= 0.6 is 0 Å². The summed E-state index contributed by atoms with van der Waals surface area (Å²) in [6, 6.07) is 0. The van der Waals surface area contributed by atoms with Gasteiger partial charge in [-0.15, -0.1) is 0 Å². The van der Waals surface area contributed by atoms with Crippen LogP contribution in [0.15, 0.2) is 0 Å². The predicted molar refractivity (Wildman–Crippen MR) is 121 cm³/mol. The highest BCUT2D eigenvalue weighted by Gasteiger charge is 2.41. The number of hydrogen-bond donors (Lipinski definition) is 1. The first-order valence-corrected chi connectivity index (χ1v) is 13.7. The lowest BCUT2D eigenvalue weighted by molar-refractivity contribution is -0.132. The summed E-state index contributed by atoms with van der Waals surface area (Å²) in [5.74, 6) is -0.738. The van der Waals surface area contributed by atoms with Crippen molar-refractivity contribution in [1.82, 2.24) is 0 Å². The largest absolute Gasteiger partial charge is 0.414 e. The molecule has 0 saturated carbocycles. The number of aliphatic hydroxyl groups excluding tert-OH is 1. The molecule has 0 aliphatic rings. The number of methoxy groups -OCH3 is 2. The number of rotatable bonds is 16. The first-order valence-electron chi connectivity index (χ1n) is 10.8. The molecule has 0 bridgehead atoms. The molecule has 8 heteroatoms. The quantitative estimate of drug-likeness (QED) is 0.216. The van der Waals surface area contributed by atoms with E-state index in [-0.39, 0.29) is 42.9 Å². The van der Waals surface area contributed by atoms with Gasteiger partial charge >= 0.3 is 0 Å². The Kier molecular flexibility index (Phi) is 13.8. The molecule has 0 aliphatic carbocycles. The summed E-state index contributed by atoms with van der Waals surface area (Å²) in [6.45, 7) is 17.0. The molecule has 0 aromatic carbocycles. The number of hydrogen-bond acceptors (Lipinski definition) is 7. The summed E-state index contributed by atoms with van der Waals surface area (Å²) in [5, 5.41) is 10.7. The van der Waals surface area contributed by atoms with Crippen molar-refractivity contribution in [2.45, 2.75) is 96.9 Å². The van der Waals surface area contributed by atoms with Crippen LogP contribution in [0.5, 0.6) is 0 Å². The molecule has 0 aromatic rings. The van der Waals surface area contributed by atoms with Gasteiger partial charge in [0.15, 0.2) is 8.32 Å². The minimum atomic E-state index is -2.05. The number of ether oxygens (including phenoxy) is 4. The fourth-order valence-corrected chi connectivity index (χ4v) is 4.42. The number of aldehydes is 1. The molecule has 0 aromatic heterocycles. The molecule has 0 aliphatic heterocycles. The highest BCUT2D eigenvalue weighted by molar-refractivity contribution is 6.74. The van der Waals surface area contributed by atoms with Crippen molar-refractivity contribution in [2.24, 2.45) is 11.8 Å². The normalized spacial score (nSPS) is 19.0. The Morgan fingerprint density at radius 2 is 1.50 bits per heavy atom. The van der Waals surface area contributed by atoms with Gasteiger partial charge in [0.05, 0.1) is 18.3 Å². The van der Waals surface area contributed by atoms with E-state index in [0.717, 1.165) is 6.29 Å². The monoisotopic (exact) mass is 450 g/mol. The van der Waals surface area contributed by atoms with Gasteiger partial charge in [-0.05, 0) is 37.9 Å². The molecule has 0 amide bonds. The molecule has 0 unspecified atom stereocenters. The number of carbonyl (C=O) groups excluding carboxylic acids is 1. The van der Waals surface area contributed by atoms with Crippen molar-refractivity contribution >= 4 is 14.6 Å². The Morgan fingerprint density at radius 1 is 0.967 bits per heavy atom. The molecule has 30 heavy (non-hydrogen) atoms. The van der Waals surface area contributed by atoms with Crippen molar-refractivity contribution in [3.63, 3.8) is 0 Å². The van der Waals surface area contributed by atoms with Crippen LogP contribution < -0.4 is 0 Å². The summed E-state index contributed by atoms with van der Waals surface area (Å²) in [5.41, 5.74) is 0. The Bertz CT molecular complexity index is 467. The first kappa shape index (κ1) is 29.6. The molecule has 180 valence electrons. The van der Waals surface area contributed by atoms with E-state index in [9.17, 15) is 9.90 Å². The fourth-order valence-electron chi connectivity index (χ4n) is 3.04. The van der Waals surface area contributed by atoms with Crippen molar-refractivity contribution in [2.75, 3.05) is 27.8 Å². The SMILES string of the molecule is COCO[C@H](C)C[C@@H](C[C@H](OCOC)[C@H](C)[C@H](O)[C@H](C)C=O)O[Si](C)(C)C(C)(C)C. The molecule has 0 saturated heterocycles. The van der Waals surface area contributed by atoms with E-state index in [2.05, 4.69) is 33.9 Å². The van der Waals surface area contributed by atoms with E-state index in [0.29, 0.717) is 12.8 Å². The lowest BCUT2D eigenvalue weighted by atomic mass is 9.87. The van der Waals surface area contributed by atoms with Gasteiger partial charge in [0.1, 0.15) is 19.9 Å². The van der Waals surface area contributed by atoms with E-state index in [1.807, 2.05) is 13.8 Å². The zero-order chi connectivity index (χ0) is 23.5. The average molecular weight is 451 g/mol. The third kappa shape index (κ3) is 10.3. The molecule has 1 N–H and O–H groups in total. The summed E-state index contributed by atoms with van der Waals surface area (Å²) in [6.07, 6.45) is 0.706. The van der Waals surface area contributed by atoms with E-state index < -0.39 is 20.3 Å². The van der Waals surface area contributed by atoms with Crippen LogP contribution in [0.25, 0.3) is 0 Å². The van der Waals surface area contributed by atoms with Gasteiger partial charge < -0.3 is 33.3 Å². The average Bonchev–Trinajstić information content (AvgIpc) is 2.66. The maximum Gasteiger partial charge on any atom is 0.192 e. The van der Waals surface area contributed by atoms with Crippen molar-refractivity contribution in [1.29, 1.82) is 0 Å². The molecule has 7 nitrogen and oxygen atoms in total. The zero-order valence-corrected chi connectivity index (χ0v) is 21.8. The lowest BCUT2D eigenvalue weighted by Crippen LogP contribution is -2.47. The van der Waals surface area contributed by atoms with Crippen LogP contribution in [-0.4, -0.2) is 71.9 Å². The molecular weight excluding hydrogens is 404 g/mol. The van der Waals surface area contributed by atoms with Gasteiger partial charge in [0.25, 0.3) is 0 Å². The Morgan fingerprint density at radius 3 is 1.97 bits per heavy atom. The number of aliphatic hydroxyl groups is 1. The van der Waals surface area contributed by atoms with Crippen LogP contribution in [0.1, 0.15) is 54.4 Å². The smallest absolute Gasteiger partial charge is 0.192 e. The van der Waals surface area contributed by atoms with Crippen LogP contribution in [0.3, 0.4) is 0 Å². The predicted octanol–water partition coefficient (Wildman–Crippen LogP) is 3.99. The second-order valence-electron chi connectivity index (χ2n) is 9.81. The summed E-state index contributed by atoms with van der Waals surface area (Å²) in [4.78, 5) is 11.2. The third-order valence-corrected chi connectivity index (χ3v) is 10.6. The van der Waals surface area contributed by atoms with Crippen LogP contribution in [0, 0.1) is 11.8 Å². The highest BCUT2D eigenvalue weighted by Crippen LogP contribution is 2.39. The lowest BCUT2D eigenvalue weighted by Gasteiger charge is -2.41. The molecule has 0 radical (unpaired) electrons. The van der Waals surface area contributed by atoms with E-state index in [1.54, 1.807) is 21.1 Å². The summed E-state index contributed by atoms with van der Waals surface area (Å²) in [7, 11) is 1.12. The zero-order valence-electron chi connectivity index (χ0n) is 20.8. The summed E-state index contributed by atoms with van der Waals surface area (Å²) >= 11 is 0. The molecule has 0 heterocycles. The van der Waals surface area contributed by atoms with Gasteiger partial charge in [-0.2, -0.15) is 0 Å². The topological polar surface area (TPSA) is 83.5 Å². The molecule has 0 fully saturated rings. The maximum atomic E-state index is 11.2. The number of carbonyl (C=O) groups is 1.